The van der Waals surface area contributed by atoms with Gasteiger partial charge >= 0.3 is 57.0 Å². The summed E-state index contributed by atoms with van der Waals surface area (Å²) >= 11 is 1.03. The molecule has 0 unspecified atom stereocenters. The van der Waals surface area contributed by atoms with E-state index in [1.54, 1.807) is 0 Å². The third kappa shape index (κ3) is 9.31. The molecule has 0 heterocycles. The van der Waals surface area contributed by atoms with Crippen molar-refractivity contribution in [3.63, 3.8) is 0 Å². The molecule has 0 aliphatic carbocycles. The Morgan fingerprint density at radius 1 is 1.50 bits per heavy atom. The molecule has 0 fully saturated rings. The minimum absolute atomic E-state index is 0. The molecule has 0 spiro atoms. The Hall–Kier alpha value is 1.89. The molecular formula is H2BGdO3Zn. The first-order valence-electron chi connectivity index (χ1n) is 0.896. The van der Waals surface area contributed by atoms with Crippen LogP contribution in [0.15, 0.2) is 0 Å². The van der Waals surface area contributed by atoms with Crippen LogP contribution < -0.4 is 0 Å². The van der Waals surface area contributed by atoms with Gasteiger partial charge in [0.1, 0.15) is 0 Å². The van der Waals surface area contributed by atoms with Crippen LogP contribution in [0.5, 0.6) is 0 Å². The van der Waals surface area contributed by atoms with E-state index in [4.69, 9.17) is 10.0 Å². The van der Waals surface area contributed by atoms with Crippen LogP contribution >= 0.6 is 0 Å². The third-order valence-electron chi connectivity index (χ3n) is 0.0745. The van der Waals surface area contributed by atoms with E-state index in [0.29, 0.717) is 0 Å². The quantitative estimate of drug-likeness (QED) is 0.572. The van der Waals surface area contributed by atoms with Crippen molar-refractivity contribution >= 4 is 7.32 Å². The zero-order valence-corrected chi connectivity index (χ0v) is 8.18. The van der Waals surface area contributed by atoms with Crippen molar-refractivity contribution in [3.05, 3.63) is 0 Å². The first kappa shape index (κ1) is 10.8. The minimum atomic E-state index is -1.60. The molecular weight excluding hydrogens is 281 g/mol. The van der Waals surface area contributed by atoms with Crippen molar-refractivity contribution in [3.8, 4) is 0 Å². The Kier molecular flexibility index (Phi) is 12.4. The van der Waals surface area contributed by atoms with Gasteiger partial charge < -0.3 is 0 Å². The molecule has 33 valence electrons. The summed E-state index contributed by atoms with van der Waals surface area (Å²) in [6.45, 7) is 0. The summed E-state index contributed by atoms with van der Waals surface area (Å²) in [4.78, 5) is 0. The van der Waals surface area contributed by atoms with Crippen LogP contribution in [0, 0.1) is 38.5 Å². The van der Waals surface area contributed by atoms with Crippen molar-refractivity contribution in [2.24, 2.45) is 0 Å². The van der Waals surface area contributed by atoms with Crippen LogP contribution in [0.4, 0.5) is 0 Å². The van der Waals surface area contributed by atoms with Gasteiger partial charge in [-0.25, -0.2) is 0 Å². The van der Waals surface area contributed by atoms with Crippen molar-refractivity contribution < 1.29 is 69.1 Å². The van der Waals surface area contributed by atoms with Crippen molar-refractivity contribution in [1.82, 2.24) is 0 Å². The Labute approximate surface area is 75.4 Å². The van der Waals surface area contributed by atoms with E-state index in [0.717, 1.165) is 38.5 Å². The molecule has 0 aliphatic rings. The average molecular weight is 283 g/mol. The van der Waals surface area contributed by atoms with Gasteiger partial charge in [0, 0.05) is 19.5 Å². The predicted molar refractivity (Wildman–Crippen MR) is 11.3 cm³/mol. The minimum Gasteiger partial charge on any atom is 0 e. The predicted octanol–water partition coefficient (Wildman–Crippen LogP) is -1.57. The molecule has 0 atom stereocenters. The molecule has 0 aromatic rings. The summed E-state index contributed by atoms with van der Waals surface area (Å²) in [6.07, 6.45) is 0. The molecule has 0 amide bonds. The van der Waals surface area contributed by atoms with Crippen molar-refractivity contribution in [1.29, 1.82) is 0 Å². The fourth-order valence-corrected chi connectivity index (χ4v) is 0. The van der Waals surface area contributed by atoms with E-state index in [1.807, 2.05) is 0 Å². The Morgan fingerprint density at radius 2 is 1.67 bits per heavy atom. The second-order valence-electron chi connectivity index (χ2n) is 0.410. The second-order valence-corrected chi connectivity index (χ2v) is 0.944. The van der Waals surface area contributed by atoms with Gasteiger partial charge in [-0.15, -0.1) is 0 Å². The van der Waals surface area contributed by atoms with Gasteiger partial charge in [0.25, 0.3) is 0 Å². The van der Waals surface area contributed by atoms with Crippen molar-refractivity contribution in [2.45, 2.75) is 0 Å². The van der Waals surface area contributed by atoms with E-state index >= 15 is 0 Å². The van der Waals surface area contributed by atoms with E-state index < -0.39 is 7.32 Å². The van der Waals surface area contributed by atoms with Gasteiger partial charge in [0.05, 0.1) is 0 Å². The Balaban J connectivity index is 0. The number of rotatable bonds is 1. The van der Waals surface area contributed by atoms with Crippen molar-refractivity contribution in [2.75, 3.05) is 0 Å². The molecule has 0 aliphatic heterocycles. The number of hydrogen-bond donors (Lipinski definition) is 2. The van der Waals surface area contributed by atoms with Gasteiger partial charge in [0.15, 0.2) is 0 Å². The maximum absolute atomic E-state index is 7.70. The summed E-state index contributed by atoms with van der Waals surface area (Å²) in [5, 5.41) is 15.4. The summed E-state index contributed by atoms with van der Waals surface area (Å²) in [7, 11) is -1.60. The zero-order valence-electron chi connectivity index (χ0n) is 2.94. The first-order chi connectivity index (χ1) is 2.27. The molecule has 6 heteroatoms. The average Bonchev–Trinajstić information content (AvgIpc) is 1.38. The molecule has 2 N–H and O–H groups in total. The molecule has 0 bridgehead atoms. The third-order valence-corrected chi connectivity index (χ3v) is 0.553. The van der Waals surface area contributed by atoms with Gasteiger partial charge in [-0.05, 0) is 0 Å². The smallest absolute Gasteiger partial charge is 0 e. The summed E-state index contributed by atoms with van der Waals surface area (Å²) in [5.74, 6) is 0. The molecule has 0 radical (unpaired) electrons. The molecule has 0 saturated carbocycles. The summed E-state index contributed by atoms with van der Waals surface area (Å²) in [6, 6.07) is 0. The summed E-state index contributed by atoms with van der Waals surface area (Å²) in [5.41, 5.74) is 0. The van der Waals surface area contributed by atoms with Gasteiger partial charge in [-0.2, -0.15) is 0 Å². The second kappa shape index (κ2) is 6.89. The fraction of sp³-hybridized carbons (Fsp3) is 0. The largest absolute Gasteiger partial charge is 0 e. The SMILES string of the molecule is OB(O)[O][Gd].[Zn]. The van der Waals surface area contributed by atoms with E-state index in [-0.39, 0.29) is 19.5 Å². The maximum Gasteiger partial charge on any atom is 0 e. The Bertz CT molecular complexity index is 24.8. The van der Waals surface area contributed by atoms with Crippen LogP contribution in [-0.4, -0.2) is 17.4 Å². The fourth-order valence-electron chi connectivity index (χ4n) is 0. The van der Waals surface area contributed by atoms with Gasteiger partial charge in [-0.3, -0.25) is 0 Å². The van der Waals surface area contributed by atoms with Gasteiger partial charge in [-0.1, -0.05) is 0 Å². The maximum atomic E-state index is 7.70. The van der Waals surface area contributed by atoms with E-state index in [2.05, 4.69) is 1.09 Å². The topological polar surface area (TPSA) is 49.7 Å². The van der Waals surface area contributed by atoms with Crippen LogP contribution in [0.25, 0.3) is 0 Å². The standard InChI is InChI=1S/BH2O3.Gd.Zn/c2-1(3)4;;/h2-3H;;/q-1;+1;. The molecule has 3 nitrogen and oxygen atoms in total. The van der Waals surface area contributed by atoms with Gasteiger partial charge in [0.2, 0.25) is 0 Å². The van der Waals surface area contributed by atoms with E-state index in [9.17, 15) is 0 Å². The van der Waals surface area contributed by atoms with Crippen LogP contribution in [0.2, 0.25) is 0 Å². The molecule has 0 saturated heterocycles. The molecule has 0 aromatic carbocycles. The van der Waals surface area contributed by atoms with Crippen LogP contribution in [0.3, 0.4) is 0 Å². The Morgan fingerprint density at radius 3 is 1.67 bits per heavy atom. The number of hydrogen-bond acceptors (Lipinski definition) is 3. The molecule has 0 rings (SSSR count). The monoisotopic (exact) mass is 283 g/mol. The molecule has 0 aromatic heterocycles. The normalized spacial score (nSPS) is 6.50. The summed E-state index contributed by atoms with van der Waals surface area (Å²) < 4.78 is 3.89. The van der Waals surface area contributed by atoms with E-state index in [1.165, 1.54) is 0 Å². The molecule has 6 heavy (non-hydrogen) atoms. The zero-order chi connectivity index (χ0) is 4.28. The first-order valence-corrected chi connectivity index (χ1v) is 1.82. The van der Waals surface area contributed by atoms with Crippen LogP contribution in [0.1, 0.15) is 0 Å². The van der Waals surface area contributed by atoms with Crippen LogP contribution in [-0.2, 0) is 20.6 Å².